The second-order valence-electron chi connectivity index (χ2n) is 4.54. The van der Waals surface area contributed by atoms with E-state index in [0.717, 1.165) is 10.9 Å². The number of aryl methyl sites for hydroxylation is 1. The lowest BCUT2D eigenvalue weighted by atomic mass is 10.1. The van der Waals surface area contributed by atoms with Gasteiger partial charge >= 0.3 is 0 Å². The number of hydrogen-bond donors (Lipinski definition) is 1. The first-order valence-corrected chi connectivity index (χ1v) is 6.82. The van der Waals surface area contributed by atoms with Gasteiger partial charge in [-0.3, -0.25) is 4.79 Å². The zero-order chi connectivity index (χ0) is 13.8. The molecule has 0 fully saturated rings. The zero-order valence-electron chi connectivity index (χ0n) is 10.8. The van der Waals surface area contributed by atoms with Crippen LogP contribution in [0.1, 0.15) is 28.7 Å². The standard InChI is InChI=1S/C14H15BrN2O2/c1-9(7-11-3-5-12(15)6-4-11)16-14(18)13-8-10(2)17-19-13/h3-6,8-9H,7H2,1-2H3,(H,16,18). The summed E-state index contributed by atoms with van der Waals surface area (Å²) in [6.07, 6.45) is 0.770. The predicted octanol–water partition coefficient (Wildman–Crippen LogP) is 3.11. The molecule has 0 aliphatic heterocycles. The number of benzene rings is 1. The van der Waals surface area contributed by atoms with Crippen LogP contribution in [0.25, 0.3) is 0 Å². The average Bonchev–Trinajstić information content (AvgIpc) is 2.79. The van der Waals surface area contributed by atoms with Gasteiger partial charge in [0.25, 0.3) is 5.91 Å². The van der Waals surface area contributed by atoms with Gasteiger partial charge in [0, 0.05) is 16.6 Å². The molecule has 4 nitrogen and oxygen atoms in total. The van der Waals surface area contributed by atoms with Crippen molar-refractivity contribution in [1.29, 1.82) is 0 Å². The van der Waals surface area contributed by atoms with Crippen molar-refractivity contribution in [3.05, 3.63) is 51.8 Å². The molecule has 5 heteroatoms. The zero-order valence-corrected chi connectivity index (χ0v) is 12.4. The predicted molar refractivity (Wildman–Crippen MR) is 76.0 cm³/mol. The van der Waals surface area contributed by atoms with Gasteiger partial charge in [-0.1, -0.05) is 33.2 Å². The summed E-state index contributed by atoms with van der Waals surface area (Å²) < 4.78 is 5.97. The van der Waals surface area contributed by atoms with Crippen molar-refractivity contribution in [3.63, 3.8) is 0 Å². The number of carbonyl (C=O) groups is 1. The summed E-state index contributed by atoms with van der Waals surface area (Å²) in [7, 11) is 0. The highest BCUT2D eigenvalue weighted by atomic mass is 79.9. The number of amides is 1. The molecule has 0 aliphatic carbocycles. The summed E-state index contributed by atoms with van der Waals surface area (Å²) in [4.78, 5) is 11.9. The van der Waals surface area contributed by atoms with E-state index in [9.17, 15) is 4.79 Å². The van der Waals surface area contributed by atoms with Crippen LogP contribution in [0.15, 0.2) is 39.3 Å². The Balaban J connectivity index is 1.92. The van der Waals surface area contributed by atoms with E-state index in [1.165, 1.54) is 5.56 Å². The van der Waals surface area contributed by atoms with Gasteiger partial charge in [-0.2, -0.15) is 0 Å². The monoisotopic (exact) mass is 322 g/mol. The van der Waals surface area contributed by atoms with Crippen LogP contribution in [0.5, 0.6) is 0 Å². The number of nitrogens with zero attached hydrogens (tertiary/aromatic N) is 1. The Hall–Kier alpha value is -1.62. The molecule has 0 radical (unpaired) electrons. The maximum absolute atomic E-state index is 11.9. The first kappa shape index (κ1) is 13.8. The van der Waals surface area contributed by atoms with Crippen LogP contribution < -0.4 is 5.32 Å². The first-order valence-electron chi connectivity index (χ1n) is 6.03. The van der Waals surface area contributed by atoms with Gasteiger partial charge in [0.05, 0.1) is 5.69 Å². The Bertz CT molecular complexity index is 563. The smallest absolute Gasteiger partial charge is 0.290 e. The number of hydrogen-bond acceptors (Lipinski definition) is 3. The van der Waals surface area contributed by atoms with Crippen LogP contribution >= 0.6 is 15.9 Å². The Labute approximate surface area is 120 Å². The lowest BCUT2D eigenvalue weighted by molar-refractivity contribution is 0.0903. The number of rotatable bonds is 4. The van der Waals surface area contributed by atoms with Crippen LogP contribution in [0.4, 0.5) is 0 Å². The van der Waals surface area contributed by atoms with E-state index in [1.807, 2.05) is 31.2 Å². The molecule has 1 heterocycles. The van der Waals surface area contributed by atoms with E-state index >= 15 is 0 Å². The molecule has 100 valence electrons. The van der Waals surface area contributed by atoms with Crippen molar-refractivity contribution < 1.29 is 9.32 Å². The Morgan fingerprint density at radius 2 is 2.11 bits per heavy atom. The van der Waals surface area contributed by atoms with Crippen molar-refractivity contribution in [3.8, 4) is 0 Å². The second-order valence-corrected chi connectivity index (χ2v) is 5.45. The fraction of sp³-hybridized carbons (Fsp3) is 0.286. The molecule has 0 aliphatic rings. The van der Waals surface area contributed by atoms with Crippen molar-refractivity contribution in [2.24, 2.45) is 0 Å². The summed E-state index contributed by atoms with van der Waals surface area (Å²) in [5.41, 5.74) is 1.87. The largest absolute Gasteiger partial charge is 0.351 e. The Morgan fingerprint density at radius 1 is 1.42 bits per heavy atom. The molecule has 2 rings (SSSR count). The minimum atomic E-state index is -0.231. The molecule has 1 aromatic carbocycles. The molecular weight excluding hydrogens is 308 g/mol. The molecule has 1 aromatic heterocycles. The molecule has 0 saturated heterocycles. The summed E-state index contributed by atoms with van der Waals surface area (Å²) in [6, 6.07) is 9.70. The molecule has 1 amide bonds. The van der Waals surface area contributed by atoms with Gasteiger partial charge in [0.1, 0.15) is 0 Å². The highest BCUT2D eigenvalue weighted by Gasteiger charge is 2.14. The average molecular weight is 323 g/mol. The molecular formula is C14H15BrN2O2. The third-order valence-electron chi connectivity index (χ3n) is 2.68. The van der Waals surface area contributed by atoms with Crippen LogP contribution in [0, 0.1) is 6.92 Å². The third kappa shape index (κ3) is 3.92. The molecule has 2 aromatic rings. The third-order valence-corrected chi connectivity index (χ3v) is 3.21. The van der Waals surface area contributed by atoms with E-state index in [1.54, 1.807) is 13.0 Å². The number of aromatic nitrogens is 1. The van der Waals surface area contributed by atoms with Crippen molar-refractivity contribution in [2.75, 3.05) is 0 Å². The summed E-state index contributed by atoms with van der Waals surface area (Å²) in [5.74, 6) is 0.0189. The fourth-order valence-corrected chi connectivity index (χ4v) is 2.05. The van der Waals surface area contributed by atoms with Crippen LogP contribution in [0.2, 0.25) is 0 Å². The van der Waals surface area contributed by atoms with Crippen LogP contribution in [-0.2, 0) is 6.42 Å². The van der Waals surface area contributed by atoms with Gasteiger partial charge in [-0.05, 0) is 38.0 Å². The minimum absolute atomic E-state index is 0.0269. The van der Waals surface area contributed by atoms with E-state index in [-0.39, 0.29) is 17.7 Å². The lowest BCUT2D eigenvalue weighted by Crippen LogP contribution is -2.33. The van der Waals surface area contributed by atoms with E-state index < -0.39 is 0 Å². The molecule has 1 atom stereocenters. The van der Waals surface area contributed by atoms with E-state index in [2.05, 4.69) is 26.4 Å². The topological polar surface area (TPSA) is 55.1 Å². The van der Waals surface area contributed by atoms with Crippen molar-refractivity contribution in [2.45, 2.75) is 26.3 Å². The van der Waals surface area contributed by atoms with Gasteiger partial charge < -0.3 is 9.84 Å². The normalized spacial score (nSPS) is 12.2. The van der Waals surface area contributed by atoms with Gasteiger partial charge in [0.15, 0.2) is 0 Å². The van der Waals surface area contributed by atoms with Gasteiger partial charge in [-0.15, -0.1) is 0 Å². The highest BCUT2D eigenvalue weighted by molar-refractivity contribution is 9.10. The maximum Gasteiger partial charge on any atom is 0.290 e. The van der Waals surface area contributed by atoms with Crippen LogP contribution in [0.3, 0.4) is 0 Å². The molecule has 1 unspecified atom stereocenters. The molecule has 1 N–H and O–H groups in total. The summed E-state index contributed by atoms with van der Waals surface area (Å²) in [6.45, 7) is 3.74. The van der Waals surface area contributed by atoms with Gasteiger partial charge in [-0.25, -0.2) is 0 Å². The SMILES string of the molecule is Cc1cc(C(=O)NC(C)Cc2ccc(Br)cc2)on1. The Morgan fingerprint density at radius 3 is 2.68 bits per heavy atom. The second kappa shape index (κ2) is 6.02. The summed E-state index contributed by atoms with van der Waals surface area (Å²) in [5, 5.41) is 6.59. The lowest BCUT2D eigenvalue weighted by Gasteiger charge is -2.12. The Kier molecular flexibility index (Phi) is 4.37. The van der Waals surface area contributed by atoms with Crippen LogP contribution in [-0.4, -0.2) is 17.1 Å². The molecule has 0 spiro atoms. The fourth-order valence-electron chi connectivity index (χ4n) is 1.79. The molecule has 0 bridgehead atoms. The van der Waals surface area contributed by atoms with Crippen molar-refractivity contribution >= 4 is 21.8 Å². The molecule has 0 saturated carbocycles. The maximum atomic E-state index is 11.9. The number of carbonyl (C=O) groups excluding carboxylic acids is 1. The quantitative estimate of drug-likeness (QED) is 0.941. The number of halogens is 1. The van der Waals surface area contributed by atoms with E-state index in [4.69, 9.17) is 4.52 Å². The first-order chi connectivity index (χ1) is 9.04. The summed E-state index contributed by atoms with van der Waals surface area (Å²) >= 11 is 3.40. The molecule has 19 heavy (non-hydrogen) atoms. The van der Waals surface area contributed by atoms with E-state index in [0.29, 0.717) is 5.69 Å². The minimum Gasteiger partial charge on any atom is -0.351 e. The number of nitrogens with one attached hydrogen (secondary N) is 1. The van der Waals surface area contributed by atoms with Crippen molar-refractivity contribution in [1.82, 2.24) is 10.5 Å². The highest BCUT2D eigenvalue weighted by Crippen LogP contribution is 2.12. The van der Waals surface area contributed by atoms with Gasteiger partial charge in [0.2, 0.25) is 5.76 Å².